The molecular weight excluding hydrogens is 1180 g/mol. The van der Waals surface area contributed by atoms with Gasteiger partial charge in [0.05, 0.1) is 37.0 Å². The van der Waals surface area contributed by atoms with Crippen molar-refractivity contribution in [3.05, 3.63) is 11.8 Å². The number of aliphatic carboxylic acids is 1. The number of ether oxygens (including phenoxy) is 1. The summed E-state index contributed by atoms with van der Waals surface area (Å²) >= 11 is 5.96. The standard InChI is InChI=1S/C55H97ClN14O18/c1-6-8-9-10-11-12-13-14-15-18-32(72)27-40(74)61-38-30-88-55(87)43(39(73)29-56)68-53(85)44(45(77)54(86)60-25-26-70(4)5)69-46(78)33(7-2)62-52(84)42(31(3)71)67-49(81)36(21-24-59)64-47(79)34(19-16-17-22-57)63-50(82)37(28-41(75)76)66-48(80)35(20-23-58)65-51(38)83/h7,31-32,34-39,42-45,71-73,77H,6,8-30,57-59H2,1-5H3,(H,60,86)(H,61,74)(H,62,84)(H,63,82)(H,64,79)(H,65,83)(H,66,80)(H,67,81)(H,68,85)(H,69,78)(H,75,76)/b33-7+/t31-,32-,34-,35+,36-,37-,38-,39+,42-,43-,44-,45?/m0/s1. The fourth-order valence-corrected chi connectivity index (χ4v) is 8.92. The second-order valence-corrected chi connectivity index (χ2v) is 21.9. The van der Waals surface area contributed by atoms with E-state index in [9.17, 15) is 83.1 Å². The molecule has 21 N–H and O–H groups in total. The summed E-state index contributed by atoms with van der Waals surface area (Å²) in [5.41, 5.74) is 16.6. The van der Waals surface area contributed by atoms with Crippen LogP contribution >= 0.6 is 11.6 Å². The molecule has 1 unspecified atom stereocenters. The maximum Gasteiger partial charge on any atom is 0.331 e. The van der Waals surface area contributed by atoms with Gasteiger partial charge in [0.2, 0.25) is 47.3 Å². The summed E-state index contributed by atoms with van der Waals surface area (Å²) in [6, 6.07) is -15.5. The van der Waals surface area contributed by atoms with E-state index in [1.54, 1.807) is 19.0 Å². The molecule has 33 heteroatoms. The molecule has 0 aliphatic carbocycles. The second kappa shape index (κ2) is 43.9. The number of carbonyl (C=O) groups is 12. The highest BCUT2D eigenvalue weighted by Crippen LogP contribution is 2.14. The average molecular weight is 1280 g/mol. The van der Waals surface area contributed by atoms with Crippen molar-refractivity contribution in [1.82, 2.24) is 58.1 Å². The number of hydrogen-bond donors (Lipinski definition) is 18. The van der Waals surface area contributed by atoms with Gasteiger partial charge in [-0.15, -0.1) is 11.6 Å². The SMILES string of the molecule is C/C=C1/NC(=O)[C@H]([C@H](C)O)NC(=O)[C@H](CCN)NC(=O)[C@H](CCCCN)NC(=O)[C@H](CC(=O)O)NC(=O)[C@@H](CCN)NC(=O)[C@@H](NC(=O)C[C@@H](O)CCCCCCCCCCC)COC(=O)[C@H]([C@H](O)CCl)NC(=O)[C@H](C(O)C(=O)NCCN(C)C)NC1=O. The molecule has 1 fully saturated rings. The number of cyclic esters (lactones) is 1. The first-order valence-corrected chi connectivity index (χ1v) is 30.3. The molecule has 0 saturated carbocycles. The number of allylic oxidation sites excluding steroid dienone is 1. The van der Waals surface area contributed by atoms with Gasteiger partial charge in [-0.1, -0.05) is 70.8 Å². The number of amides is 10. The first-order chi connectivity index (χ1) is 41.7. The van der Waals surface area contributed by atoms with Gasteiger partial charge in [0.1, 0.15) is 54.6 Å². The van der Waals surface area contributed by atoms with Crippen molar-refractivity contribution in [3.8, 4) is 0 Å². The molecule has 0 spiro atoms. The lowest BCUT2D eigenvalue weighted by Gasteiger charge is -2.29. The van der Waals surface area contributed by atoms with E-state index in [2.05, 4.69) is 60.1 Å². The Bertz CT molecular complexity index is 2300. The lowest BCUT2D eigenvalue weighted by atomic mass is 10.0. The minimum absolute atomic E-state index is 0.109. The van der Waals surface area contributed by atoms with Gasteiger partial charge in [-0.05, 0) is 86.1 Å². The van der Waals surface area contributed by atoms with Crippen molar-refractivity contribution in [3.63, 3.8) is 0 Å². The molecule has 10 amide bonds. The van der Waals surface area contributed by atoms with Gasteiger partial charge in [-0.2, -0.15) is 0 Å². The van der Waals surface area contributed by atoms with Crippen LogP contribution in [0, 0.1) is 0 Å². The third kappa shape index (κ3) is 30.5. The number of esters is 1. The number of aliphatic hydroxyl groups is 4. The van der Waals surface area contributed by atoms with E-state index in [4.69, 9.17) is 33.5 Å². The van der Waals surface area contributed by atoms with Crippen molar-refractivity contribution in [2.24, 2.45) is 17.2 Å². The molecule has 1 rings (SSSR count). The number of rotatable bonds is 31. The molecule has 1 aliphatic heterocycles. The minimum atomic E-state index is -2.50. The Morgan fingerprint density at radius 2 is 1.18 bits per heavy atom. The summed E-state index contributed by atoms with van der Waals surface area (Å²) in [7, 11) is 3.32. The molecule has 88 heavy (non-hydrogen) atoms. The van der Waals surface area contributed by atoms with Gasteiger partial charge in [-0.3, -0.25) is 52.7 Å². The Labute approximate surface area is 517 Å². The predicted octanol–water partition coefficient (Wildman–Crippen LogP) is -5.57. The van der Waals surface area contributed by atoms with Gasteiger partial charge < -0.3 is 106 Å². The zero-order chi connectivity index (χ0) is 66.5. The summed E-state index contributed by atoms with van der Waals surface area (Å²) in [6.07, 6.45) is 0.226. The number of nitrogens with one attached hydrogen (secondary N) is 10. The third-order valence-corrected chi connectivity index (χ3v) is 14.2. The zero-order valence-corrected chi connectivity index (χ0v) is 51.8. The highest BCUT2D eigenvalue weighted by molar-refractivity contribution is 6.18. The van der Waals surface area contributed by atoms with E-state index in [-0.39, 0.29) is 58.4 Å². The maximum atomic E-state index is 14.3. The Morgan fingerprint density at radius 3 is 1.70 bits per heavy atom. The monoisotopic (exact) mass is 1280 g/mol. The second-order valence-electron chi connectivity index (χ2n) is 21.6. The highest BCUT2D eigenvalue weighted by atomic mass is 35.5. The summed E-state index contributed by atoms with van der Waals surface area (Å²) in [4.78, 5) is 167. The van der Waals surface area contributed by atoms with Crippen LogP contribution in [-0.4, -0.2) is 233 Å². The van der Waals surface area contributed by atoms with Crippen molar-refractivity contribution < 1.29 is 87.8 Å². The van der Waals surface area contributed by atoms with E-state index in [1.807, 2.05) is 0 Å². The fraction of sp³-hybridized carbons (Fsp3) is 0.745. The molecule has 0 aromatic heterocycles. The van der Waals surface area contributed by atoms with E-state index >= 15 is 0 Å². The Balaban J connectivity index is 4.11. The van der Waals surface area contributed by atoms with Gasteiger partial charge in [-0.25, -0.2) is 4.79 Å². The van der Waals surface area contributed by atoms with Crippen molar-refractivity contribution in [2.45, 2.75) is 203 Å². The molecule has 0 bridgehead atoms. The van der Waals surface area contributed by atoms with Crippen molar-refractivity contribution in [2.75, 3.05) is 59.3 Å². The van der Waals surface area contributed by atoms with E-state index in [0.29, 0.717) is 12.8 Å². The molecule has 1 aliphatic rings. The van der Waals surface area contributed by atoms with Crippen LogP contribution in [0.2, 0.25) is 0 Å². The number of unbranched alkanes of at least 4 members (excludes halogenated alkanes) is 9. The smallest absolute Gasteiger partial charge is 0.331 e. The lowest BCUT2D eigenvalue weighted by molar-refractivity contribution is -0.154. The molecule has 502 valence electrons. The summed E-state index contributed by atoms with van der Waals surface area (Å²) < 4.78 is 5.38. The molecule has 1 saturated heterocycles. The fourth-order valence-electron chi connectivity index (χ4n) is 8.74. The van der Waals surface area contributed by atoms with Gasteiger partial charge in [0, 0.05) is 13.1 Å². The Kier molecular flexibility index (Phi) is 39.6. The number of aliphatic hydroxyl groups excluding tert-OH is 4. The van der Waals surface area contributed by atoms with Crippen molar-refractivity contribution >= 4 is 82.6 Å². The molecule has 0 radical (unpaired) electrons. The molecular formula is C55H97ClN14O18. The van der Waals surface area contributed by atoms with Crippen LogP contribution in [0.4, 0.5) is 0 Å². The predicted molar refractivity (Wildman–Crippen MR) is 319 cm³/mol. The average Bonchev–Trinajstić information content (AvgIpc) is 3.66. The van der Waals surface area contributed by atoms with Crippen LogP contribution in [0.15, 0.2) is 11.8 Å². The number of nitrogens with zero attached hydrogens (tertiary/aromatic N) is 1. The van der Waals surface area contributed by atoms with Gasteiger partial charge in [0.25, 0.3) is 11.8 Å². The van der Waals surface area contributed by atoms with Gasteiger partial charge >= 0.3 is 11.9 Å². The number of carboxylic acids is 1. The number of nitrogens with two attached hydrogens (primary N) is 3. The molecule has 32 nitrogen and oxygen atoms in total. The van der Waals surface area contributed by atoms with E-state index in [0.717, 1.165) is 64.4 Å². The lowest BCUT2D eigenvalue weighted by Crippen LogP contribution is -2.63. The first-order valence-electron chi connectivity index (χ1n) is 29.8. The molecule has 0 aromatic rings. The van der Waals surface area contributed by atoms with Crippen LogP contribution in [-0.2, 0) is 62.3 Å². The molecule has 1 heterocycles. The number of halogens is 1. The topological polar surface area (TPSA) is 517 Å². The van der Waals surface area contributed by atoms with E-state index in [1.165, 1.54) is 6.92 Å². The van der Waals surface area contributed by atoms with Crippen LogP contribution in [0.1, 0.15) is 130 Å². The maximum absolute atomic E-state index is 14.3. The number of carboxylic acid groups (broad SMARTS) is 1. The Morgan fingerprint density at radius 1 is 0.659 bits per heavy atom. The van der Waals surface area contributed by atoms with Crippen molar-refractivity contribution in [1.29, 1.82) is 0 Å². The van der Waals surface area contributed by atoms with Crippen LogP contribution in [0.3, 0.4) is 0 Å². The van der Waals surface area contributed by atoms with Crippen LogP contribution in [0.25, 0.3) is 0 Å². The quantitative estimate of drug-likeness (QED) is 0.0133. The van der Waals surface area contributed by atoms with Crippen LogP contribution < -0.4 is 70.4 Å². The largest absolute Gasteiger partial charge is 0.481 e. The first kappa shape index (κ1) is 79.4. The summed E-state index contributed by atoms with van der Waals surface area (Å²) in [5, 5.41) is 76.6. The van der Waals surface area contributed by atoms with Crippen LogP contribution in [0.5, 0.6) is 0 Å². The number of likely N-dealkylation sites (N-methyl/N-ethyl adjacent to an activating group) is 1. The summed E-state index contributed by atoms with van der Waals surface area (Å²) in [6.45, 7) is 2.86. The number of hydrogen-bond acceptors (Lipinski definition) is 21. The third-order valence-electron chi connectivity index (χ3n) is 13.8. The highest BCUT2D eigenvalue weighted by Gasteiger charge is 2.41. The summed E-state index contributed by atoms with van der Waals surface area (Å²) in [5.74, 6) is -16.4. The number of alkyl halides is 1. The Hall–Kier alpha value is -6.65. The number of carbonyl (C=O) groups excluding carboxylic acids is 11. The normalized spacial score (nSPS) is 23.8. The molecule has 12 atom stereocenters. The zero-order valence-electron chi connectivity index (χ0n) is 51.1. The molecule has 0 aromatic carbocycles. The van der Waals surface area contributed by atoms with Gasteiger partial charge in [0.15, 0.2) is 12.1 Å². The minimum Gasteiger partial charge on any atom is -0.481 e. The van der Waals surface area contributed by atoms with E-state index < -0.39 is 181 Å².